The largest absolute Gasteiger partial charge is 0.423 e. The minimum Gasteiger partial charge on any atom is -0.423 e. The summed E-state index contributed by atoms with van der Waals surface area (Å²) in [4.78, 5) is 0. The zero-order valence-electron chi connectivity index (χ0n) is 7.15. The lowest BCUT2D eigenvalue weighted by Gasteiger charge is -2.01. The van der Waals surface area contributed by atoms with E-state index >= 15 is 0 Å². The van der Waals surface area contributed by atoms with Crippen LogP contribution >= 0.6 is 0 Å². The molecule has 0 spiro atoms. The van der Waals surface area contributed by atoms with E-state index < -0.39 is 0 Å². The van der Waals surface area contributed by atoms with Crippen molar-refractivity contribution in [1.82, 2.24) is 5.32 Å². The molecule has 0 aliphatic carbocycles. The van der Waals surface area contributed by atoms with E-state index in [0.29, 0.717) is 0 Å². The second kappa shape index (κ2) is 9.14. The molecule has 0 radical (unpaired) electrons. The van der Waals surface area contributed by atoms with E-state index in [1.54, 1.807) is 0 Å². The minimum absolute atomic E-state index is 0.228. The fraction of sp³-hybridized carbons (Fsp3) is 1.00. The molecule has 0 saturated heterocycles. The first-order valence-corrected chi connectivity index (χ1v) is 5.78. The van der Waals surface area contributed by atoms with Crippen LogP contribution in [0, 0.1) is 0 Å². The maximum atomic E-state index is 5.29. The molecular weight excluding hydrogens is 142 g/mol. The van der Waals surface area contributed by atoms with Gasteiger partial charge in [0.2, 0.25) is 0 Å². The predicted octanol–water partition coefficient (Wildman–Crippen LogP) is 0.454. The molecule has 3 heteroatoms. The van der Waals surface area contributed by atoms with Crippen molar-refractivity contribution in [1.29, 1.82) is 0 Å². The van der Waals surface area contributed by atoms with Crippen LogP contribution in [0.25, 0.3) is 0 Å². The summed E-state index contributed by atoms with van der Waals surface area (Å²) in [7, 11) is -0.228. The summed E-state index contributed by atoms with van der Waals surface area (Å²) < 4.78 is 5.29. The molecule has 0 aliphatic heterocycles. The molecule has 0 aliphatic rings. The normalized spacial score (nSPS) is 11.4. The molecule has 0 aromatic carbocycles. The summed E-state index contributed by atoms with van der Waals surface area (Å²) in [5.41, 5.74) is 0. The highest BCUT2D eigenvalue weighted by Crippen LogP contribution is 1.80. The number of unbranched alkanes of at least 4 members (excludes halogenated alkanes) is 1. The van der Waals surface area contributed by atoms with Crippen molar-refractivity contribution in [2.45, 2.75) is 26.7 Å². The Bertz CT molecular complexity index is 53.6. The third-order valence-corrected chi connectivity index (χ3v) is 2.59. The van der Waals surface area contributed by atoms with Gasteiger partial charge in [0, 0.05) is 12.8 Å². The van der Waals surface area contributed by atoms with E-state index in [9.17, 15) is 0 Å². The zero-order valence-corrected chi connectivity index (χ0v) is 8.57. The lowest BCUT2D eigenvalue weighted by atomic mass is 10.3. The monoisotopic (exact) mass is 161 g/mol. The van der Waals surface area contributed by atoms with Gasteiger partial charge in [-0.15, -0.1) is 0 Å². The van der Waals surface area contributed by atoms with E-state index in [-0.39, 0.29) is 9.76 Å². The Labute approximate surface area is 66.3 Å². The van der Waals surface area contributed by atoms with Gasteiger partial charge >= 0.3 is 0 Å². The third kappa shape index (κ3) is 8.14. The van der Waals surface area contributed by atoms with Crippen LogP contribution in [0.3, 0.4) is 0 Å². The first-order chi connectivity index (χ1) is 4.91. The molecular formula is C7H19NOSi. The maximum Gasteiger partial charge on any atom is 0.175 e. The Morgan fingerprint density at radius 2 is 2.20 bits per heavy atom. The standard InChI is InChI=1S/C7H19NOSi/c1-3-5-6-8-7-10-9-4-2/h8H,3-7,10H2,1-2H3. The van der Waals surface area contributed by atoms with Crippen LogP contribution in [0.4, 0.5) is 0 Å². The van der Waals surface area contributed by atoms with Crippen LogP contribution in [0.5, 0.6) is 0 Å². The highest BCUT2D eigenvalue weighted by atomic mass is 28.2. The smallest absolute Gasteiger partial charge is 0.175 e. The van der Waals surface area contributed by atoms with Gasteiger partial charge in [-0.25, -0.2) is 0 Å². The Balaban J connectivity index is 2.65. The van der Waals surface area contributed by atoms with Gasteiger partial charge in [-0.1, -0.05) is 13.3 Å². The van der Waals surface area contributed by atoms with E-state index in [4.69, 9.17) is 4.43 Å². The fourth-order valence-corrected chi connectivity index (χ4v) is 1.54. The Hall–Kier alpha value is 0.137. The van der Waals surface area contributed by atoms with Crippen molar-refractivity contribution < 1.29 is 4.43 Å². The second-order valence-electron chi connectivity index (χ2n) is 2.30. The van der Waals surface area contributed by atoms with E-state index in [1.807, 2.05) is 0 Å². The van der Waals surface area contributed by atoms with Crippen LogP contribution in [-0.2, 0) is 4.43 Å². The molecule has 1 N–H and O–H groups in total. The molecule has 0 aromatic rings. The molecule has 0 aromatic heterocycles. The molecule has 0 bridgehead atoms. The van der Waals surface area contributed by atoms with E-state index in [1.165, 1.54) is 12.8 Å². The van der Waals surface area contributed by atoms with Crippen molar-refractivity contribution in [3.8, 4) is 0 Å². The molecule has 0 atom stereocenters. The number of hydrogen-bond donors (Lipinski definition) is 1. The molecule has 0 saturated carbocycles. The van der Waals surface area contributed by atoms with Crippen molar-refractivity contribution in [3.05, 3.63) is 0 Å². The lowest BCUT2D eigenvalue weighted by molar-refractivity contribution is 0.358. The van der Waals surface area contributed by atoms with Crippen molar-refractivity contribution in [2.75, 3.05) is 19.3 Å². The zero-order chi connectivity index (χ0) is 7.66. The molecule has 0 fully saturated rings. The van der Waals surface area contributed by atoms with Gasteiger partial charge in [-0.3, -0.25) is 0 Å². The Morgan fingerprint density at radius 1 is 1.40 bits per heavy atom. The average molecular weight is 161 g/mol. The van der Waals surface area contributed by atoms with Crippen molar-refractivity contribution in [2.24, 2.45) is 0 Å². The Morgan fingerprint density at radius 3 is 2.80 bits per heavy atom. The van der Waals surface area contributed by atoms with Crippen LogP contribution in [0.15, 0.2) is 0 Å². The van der Waals surface area contributed by atoms with Gasteiger partial charge in [-0.05, 0) is 19.9 Å². The van der Waals surface area contributed by atoms with Gasteiger partial charge in [0.25, 0.3) is 0 Å². The van der Waals surface area contributed by atoms with Gasteiger partial charge < -0.3 is 9.74 Å². The molecule has 0 amide bonds. The summed E-state index contributed by atoms with van der Waals surface area (Å²) >= 11 is 0. The third-order valence-electron chi connectivity index (χ3n) is 1.33. The molecule has 0 heterocycles. The summed E-state index contributed by atoms with van der Waals surface area (Å²) in [5, 5.41) is 3.36. The highest BCUT2D eigenvalue weighted by molar-refractivity contribution is 6.27. The quantitative estimate of drug-likeness (QED) is 0.432. The van der Waals surface area contributed by atoms with Crippen LogP contribution in [-0.4, -0.2) is 29.1 Å². The topological polar surface area (TPSA) is 21.3 Å². The lowest BCUT2D eigenvalue weighted by Crippen LogP contribution is -2.23. The van der Waals surface area contributed by atoms with E-state index in [0.717, 1.165) is 19.3 Å². The van der Waals surface area contributed by atoms with Crippen LogP contribution < -0.4 is 5.32 Å². The summed E-state index contributed by atoms with van der Waals surface area (Å²) in [6, 6.07) is 0. The Kier molecular flexibility index (Phi) is 9.26. The maximum absolute atomic E-state index is 5.29. The molecule has 0 rings (SSSR count). The first-order valence-electron chi connectivity index (χ1n) is 4.20. The molecule has 62 valence electrons. The van der Waals surface area contributed by atoms with Gasteiger partial charge in [0.05, 0.1) is 0 Å². The van der Waals surface area contributed by atoms with Crippen molar-refractivity contribution >= 4 is 9.76 Å². The summed E-state index contributed by atoms with van der Waals surface area (Å²) in [5.74, 6) is 0. The van der Waals surface area contributed by atoms with Crippen molar-refractivity contribution in [3.63, 3.8) is 0 Å². The molecule has 2 nitrogen and oxygen atoms in total. The summed E-state index contributed by atoms with van der Waals surface area (Å²) in [6.45, 7) is 6.32. The SMILES string of the molecule is CCCCNC[SiH2]OCC. The highest BCUT2D eigenvalue weighted by Gasteiger charge is 1.86. The number of hydrogen-bond acceptors (Lipinski definition) is 2. The van der Waals surface area contributed by atoms with Crippen LogP contribution in [0.2, 0.25) is 0 Å². The van der Waals surface area contributed by atoms with E-state index in [2.05, 4.69) is 19.2 Å². The summed E-state index contributed by atoms with van der Waals surface area (Å²) in [6.07, 6.45) is 3.71. The van der Waals surface area contributed by atoms with Gasteiger partial charge in [-0.2, -0.15) is 0 Å². The van der Waals surface area contributed by atoms with Crippen LogP contribution in [0.1, 0.15) is 26.7 Å². The first kappa shape index (κ1) is 10.1. The van der Waals surface area contributed by atoms with Gasteiger partial charge in [0.1, 0.15) is 0 Å². The fourth-order valence-electron chi connectivity index (χ4n) is 0.715. The molecule has 0 unspecified atom stereocenters. The average Bonchev–Trinajstić information content (AvgIpc) is 1.97. The van der Waals surface area contributed by atoms with Gasteiger partial charge in [0.15, 0.2) is 9.76 Å². The number of rotatable bonds is 7. The second-order valence-corrected chi connectivity index (χ2v) is 3.62. The predicted molar refractivity (Wildman–Crippen MR) is 47.9 cm³/mol. The number of nitrogens with one attached hydrogen (secondary N) is 1. The molecule has 10 heavy (non-hydrogen) atoms. The minimum atomic E-state index is -0.228.